The molecular formula is C14H19ClN2O3. The van der Waals surface area contributed by atoms with Gasteiger partial charge < -0.3 is 20.5 Å². The van der Waals surface area contributed by atoms with Crippen LogP contribution in [-0.4, -0.2) is 37.8 Å². The molecule has 0 saturated carbocycles. The van der Waals surface area contributed by atoms with Crippen molar-refractivity contribution in [3.63, 3.8) is 0 Å². The lowest BCUT2D eigenvalue weighted by atomic mass is 10.2. The van der Waals surface area contributed by atoms with E-state index >= 15 is 0 Å². The molecule has 1 aromatic carbocycles. The number of carbonyl (C=O) groups is 1. The Balaban J connectivity index is 1.65. The predicted octanol–water partition coefficient (Wildman–Crippen LogP) is 1.34. The fourth-order valence-corrected chi connectivity index (χ4v) is 2.27. The minimum atomic E-state index is -0.380. The first-order chi connectivity index (χ1) is 9.69. The third kappa shape index (κ3) is 4.37. The molecule has 0 spiro atoms. The number of halogens is 1. The van der Waals surface area contributed by atoms with Gasteiger partial charge in [0.25, 0.3) is 0 Å². The van der Waals surface area contributed by atoms with Crippen molar-refractivity contribution in [2.75, 3.05) is 19.7 Å². The molecule has 1 fully saturated rings. The van der Waals surface area contributed by atoms with Gasteiger partial charge in [-0.2, -0.15) is 0 Å². The van der Waals surface area contributed by atoms with E-state index in [-0.39, 0.29) is 18.1 Å². The second kappa shape index (κ2) is 7.47. The summed E-state index contributed by atoms with van der Waals surface area (Å²) < 4.78 is 11.0. The lowest BCUT2D eigenvalue weighted by Gasteiger charge is -2.13. The zero-order valence-corrected chi connectivity index (χ0v) is 11.9. The van der Waals surface area contributed by atoms with Crippen LogP contribution in [0.4, 0.5) is 0 Å². The minimum Gasteiger partial charge on any atom is -0.492 e. The van der Waals surface area contributed by atoms with Crippen LogP contribution in [-0.2, 0) is 9.53 Å². The number of nitrogens with two attached hydrogens (primary N) is 1. The Labute approximate surface area is 123 Å². The summed E-state index contributed by atoms with van der Waals surface area (Å²) in [6, 6.07) is 7.14. The molecule has 0 aliphatic carbocycles. The van der Waals surface area contributed by atoms with Crippen molar-refractivity contribution in [3.8, 4) is 5.75 Å². The van der Waals surface area contributed by atoms with E-state index in [0.29, 0.717) is 30.5 Å². The molecule has 1 amide bonds. The first-order valence-electron chi connectivity index (χ1n) is 6.70. The molecule has 2 rings (SSSR count). The van der Waals surface area contributed by atoms with E-state index in [2.05, 4.69) is 5.32 Å². The summed E-state index contributed by atoms with van der Waals surface area (Å²) in [5.41, 5.74) is 5.51. The maximum atomic E-state index is 11.8. The van der Waals surface area contributed by atoms with Crippen molar-refractivity contribution in [1.29, 1.82) is 0 Å². The number of nitrogens with one attached hydrogen (secondary N) is 1. The van der Waals surface area contributed by atoms with Crippen molar-refractivity contribution in [2.45, 2.75) is 25.0 Å². The monoisotopic (exact) mass is 298 g/mol. The summed E-state index contributed by atoms with van der Waals surface area (Å²) >= 11 is 5.85. The molecule has 0 radical (unpaired) electrons. The van der Waals surface area contributed by atoms with Crippen LogP contribution in [0.2, 0.25) is 5.02 Å². The van der Waals surface area contributed by atoms with Gasteiger partial charge in [-0.3, -0.25) is 4.79 Å². The minimum absolute atomic E-state index is 0.00783. The molecule has 0 bridgehead atoms. The second-order valence-corrected chi connectivity index (χ2v) is 5.09. The molecule has 3 N–H and O–H groups in total. The number of hydrogen-bond acceptors (Lipinski definition) is 4. The van der Waals surface area contributed by atoms with E-state index in [1.54, 1.807) is 12.1 Å². The number of ether oxygens (including phenoxy) is 2. The van der Waals surface area contributed by atoms with Gasteiger partial charge in [-0.05, 0) is 31.0 Å². The quantitative estimate of drug-likeness (QED) is 0.777. The van der Waals surface area contributed by atoms with E-state index in [0.717, 1.165) is 12.8 Å². The summed E-state index contributed by atoms with van der Waals surface area (Å²) in [6.45, 7) is 1.28. The fourth-order valence-electron chi connectivity index (χ4n) is 2.09. The molecule has 20 heavy (non-hydrogen) atoms. The van der Waals surface area contributed by atoms with Crippen LogP contribution in [0.25, 0.3) is 0 Å². The molecule has 1 saturated heterocycles. The van der Waals surface area contributed by atoms with Gasteiger partial charge >= 0.3 is 0 Å². The molecule has 0 aromatic heterocycles. The van der Waals surface area contributed by atoms with Crippen molar-refractivity contribution < 1.29 is 14.3 Å². The van der Waals surface area contributed by atoms with Gasteiger partial charge in [0.05, 0.1) is 12.6 Å². The molecule has 110 valence electrons. The van der Waals surface area contributed by atoms with Gasteiger partial charge in [0.15, 0.2) is 0 Å². The van der Waals surface area contributed by atoms with Gasteiger partial charge in [-0.15, -0.1) is 0 Å². The zero-order valence-electron chi connectivity index (χ0n) is 11.2. The highest BCUT2D eigenvalue weighted by molar-refractivity contribution is 6.30. The molecule has 1 aliphatic rings. The summed E-state index contributed by atoms with van der Waals surface area (Å²) in [5.74, 6) is 0.586. The van der Waals surface area contributed by atoms with Crippen LogP contribution in [0.1, 0.15) is 12.8 Å². The highest BCUT2D eigenvalue weighted by Gasteiger charge is 2.29. The molecule has 1 heterocycles. The van der Waals surface area contributed by atoms with E-state index in [4.69, 9.17) is 26.8 Å². The van der Waals surface area contributed by atoms with Gasteiger partial charge in [0.1, 0.15) is 18.5 Å². The number of rotatable bonds is 6. The van der Waals surface area contributed by atoms with Gasteiger partial charge in [0, 0.05) is 11.6 Å². The lowest BCUT2D eigenvalue weighted by molar-refractivity contribution is -0.131. The van der Waals surface area contributed by atoms with E-state index in [1.807, 2.05) is 12.1 Å². The third-order valence-electron chi connectivity index (χ3n) is 3.13. The third-order valence-corrected chi connectivity index (χ3v) is 3.36. The highest BCUT2D eigenvalue weighted by Crippen LogP contribution is 2.19. The molecule has 2 atom stereocenters. The van der Waals surface area contributed by atoms with Gasteiger partial charge in [-0.1, -0.05) is 17.7 Å². The predicted molar refractivity (Wildman–Crippen MR) is 76.9 cm³/mol. The van der Waals surface area contributed by atoms with E-state index in [9.17, 15) is 4.79 Å². The fraction of sp³-hybridized carbons (Fsp3) is 0.500. The lowest BCUT2D eigenvalue weighted by Crippen LogP contribution is -2.37. The number of amides is 1. The first-order valence-corrected chi connectivity index (χ1v) is 7.08. The van der Waals surface area contributed by atoms with Crippen LogP contribution >= 0.6 is 11.6 Å². The first kappa shape index (κ1) is 15.1. The van der Waals surface area contributed by atoms with Crippen molar-refractivity contribution in [2.24, 2.45) is 5.73 Å². The molecular weight excluding hydrogens is 280 g/mol. The smallest absolute Gasteiger partial charge is 0.249 e. The SMILES string of the molecule is NC[C@H]1CC[C@@H](C(=O)NCCOc2cccc(Cl)c2)O1. The van der Waals surface area contributed by atoms with Crippen molar-refractivity contribution >= 4 is 17.5 Å². The Kier molecular flexibility index (Phi) is 5.64. The molecule has 6 heteroatoms. The van der Waals surface area contributed by atoms with E-state index in [1.165, 1.54) is 0 Å². The Morgan fingerprint density at radius 1 is 1.50 bits per heavy atom. The summed E-state index contributed by atoms with van der Waals surface area (Å²) in [7, 11) is 0. The average molecular weight is 299 g/mol. The van der Waals surface area contributed by atoms with Crippen LogP contribution in [0.5, 0.6) is 5.75 Å². The maximum Gasteiger partial charge on any atom is 0.249 e. The van der Waals surface area contributed by atoms with Crippen molar-refractivity contribution in [3.05, 3.63) is 29.3 Å². The maximum absolute atomic E-state index is 11.8. The summed E-state index contributed by atoms with van der Waals surface area (Å²) in [5, 5.41) is 3.42. The molecule has 1 aromatic rings. The number of carbonyl (C=O) groups excluding carboxylic acids is 1. The van der Waals surface area contributed by atoms with Gasteiger partial charge in [-0.25, -0.2) is 0 Å². The average Bonchev–Trinajstić information content (AvgIpc) is 2.92. The van der Waals surface area contributed by atoms with Crippen LogP contribution in [0.15, 0.2) is 24.3 Å². The van der Waals surface area contributed by atoms with Crippen molar-refractivity contribution in [1.82, 2.24) is 5.32 Å². The Hall–Kier alpha value is -1.30. The van der Waals surface area contributed by atoms with Crippen LogP contribution in [0, 0.1) is 0 Å². The zero-order chi connectivity index (χ0) is 14.4. The highest BCUT2D eigenvalue weighted by atomic mass is 35.5. The van der Waals surface area contributed by atoms with Gasteiger partial charge in [0.2, 0.25) is 5.91 Å². The van der Waals surface area contributed by atoms with E-state index < -0.39 is 0 Å². The standard InChI is InChI=1S/C14H19ClN2O3/c15-10-2-1-3-11(8-10)19-7-6-17-14(18)13-5-4-12(9-16)20-13/h1-3,8,12-13H,4-7,9,16H2,(H,17,18)/t12-,13+/m1/s1. The Morgan fingerprint density at radius 2 is 2.35 bits per heavy atom. The number of benzene rings is 1. The molecule has 5 nitrogen and oxygen atoms in total. The summed E-state index contributed by atoms with van der Waals surface area (Å²) in [4.78, 5) is 11.8. The molecule has 1 aliphatic heterocycles. The second-order valence-electron chi connectivity index (χ2n) is 4.66. The topological polar surface area (TPSA) is 73.6 Å². The Bertz CT molecular complexity index is 456. The molecule has 0 unspecified atom stereocenters. The summed E-state index contributed by atoms with van der Waals surface area (Å²) in [6.07, 6.45) is 1.19. The Morgan fingerprint density at radius 3 is 3.05 bits per heavy atom. The normalized spacial score (nSPS) is 21.7. The largest absolute Gasteiger partial charge is 0.492 e. The van der Waals surface area contributed by atoms with Crippen LogP contribution < -0.4 is 15.8 Å². The van der Waals surface area contributed by atoms with Crippen LogP contribution in [0.3, 0.4) is 0 Å². The number of hydrogen-bond donors (Lipinski definition) is 2.